The molecular formula is C24H24F2. The van der Waals surface area contributed by atoms with Crippen molar-refractivity contribution in [1.82, 2.24) is 0 Å². The molecule has 0 aromatic rings. The summed E-state index contributed by atoms with van der Waals surface area (Å²) < 4.78 is 28.6. The molecule has 0 saturated carbocycles. The van der Waals surface area contributed by atoms with E-state index in [2.05, 4.69) is 52.6 Å². The predicted octanol–water partition coefficient (Wildman–Crippen LogP) is 7.51. The van der Waals surface area contributed by atoms with Crippen molar-refractivity contribution in [3.63, 3.8) is 0 Å². The van der Waals surface area contributed by atoms with Crippen molar-refractivity contribution < 1.29 is 8.78 Å². The van der Waals surface area contributed by atoms with Crippen molar-refractivity contribution in [2.45, 2.75) is 0 Å². The molecule has 0 amide bonds. The van der Waals surface area contributed by atoms with Gasteiger partial charge < -0.3 is 0 Å². The Labute approximate surface area is 155 Å². The first-order valence-electron chi connectivity index (χ1n) is 7.64. The average Bonchev–Trinajstić information content (AvgIpc) is 2.65. The molecule has 0 heterocycles. The van der Waals surface area contributed by atoms with Gasteiger partial charge in [-0.25, -0.2) is 8.78 Å². The van der Waals surface area contributed by atoms with E-state index < -0.39 is 11.7 Å². The predicted molar refractivity (Wildman–Crippen MR) is 112 cm³/mol. The third-order valence-electron chi connectivity index (χ3n) is 3.26. The summed E-state index contributed by atoms with van der Waals surface area (Å²) in [5.41, 5.74) is 1.30. The van der Waals surface area contributed by atoms with Crippen LogP contribution in [0.2, 0.25) is 0 Å². The topological polar surface area (TPSA) is 0 Å². The Bertz CT molecular complexity index is 790. The first-order chi connectivity index (χ1) is 12.2. The molecule has 0 spiro atoms. The fraction of sp³-hybridized carbons (Fsp3) is 0. The number of halogens is 2. The van der Waals surface area contributed by atoms with Gasteiger partial charge in [0.25, 0.3) is 0 Å². The highest BCUT2D eigenvalue weighted by molar-refractivity contribution is 5.55. The van der Waals surface area contributed by atoms with E-state index >= 15 is 0 Å². The zero-order chi connectivity index (χ0) is 20.3. The van der Waals surface area contributed by atoms with Crippen LogP contribution in [-0.2, 0) is 0 Å². The average molecular weight is 350 g/mol. The molecule has 134 valence electrons. The van der Waals surface area contributed by atoms with Crippen molar-refractivity contribution in [2.75, 3.05) is 0 Å². The highest BCUT2D eigenvalue weighted by atomic mass is 19.2. The zero-order valence-electron chi connectivity index (χ0n) is 15.0. The maximum atomic E-state index is 14.3. The Morgan fingerprint density at radius 1 is 0.500 bits per heavy atom. The zero-order valence-corrected chi connectivity index (χ0v) is 15.0. The normalized spacial score (nSPS) is 12.1. The summed E-state index contributed by atoms with van der Waals surface area (Å²) in [4.78, 5) is 0. The van der Waals surface area contributed by atoms with E-state index in [1.54, 1.807) is 30.4 Å². The van der Waals surface area contributed by atoms with Crippen molar-refractivity contribution in [3.05, 3.63) is 146 Å². The highest BCUT2D eigenvalue weighted by Crippen LogP contribution is 2.29. The summed E-state index contributed by atoms with van der Waals surface area (Å²) in [5, 5.41) is 0. The summed E-state index contributed by atoms with van der Waals surface area (Å²) in [7, 11) is 0. The summed E-state index contributed by atoms with van der Waals surface area (Å²) >= 11 is 0. The molecule has 0 aliphatic heterocycles. The van der Waals surface area contributed by atoms with Gasteiger partial charge in [0, 0.05) is 11.1 Å². The standard InChI is InChI=1S/C24H24F2/c1-9-11-13-17(3)18(4)15-16-20(6)22(8)24(26)23(25)21(7)19(5)14-12-10-2/h9-16H,1-8H2/b13-11-,14-12-,16-15-,24-23-. The number of hydrogen-bond acceptors (Lipinski definition) is 0. The van der Waals surface area contributed by atoms with Crippen LogP contribution in [0.5, 0.6) is 0 Å². The molecule has 26 heavy (non-hydrogen) atoms. The second kappa shape index (κ2) is 11.3. The highest BCUT2D eigenvalue weighted by Gasteiger charge is 2.15. The minimum Gasteiger partial charge on any atom is -0.203 e. The van der Waals surface area contributed by atoms with Gasteiger partial charge in [0.05, 0.1) is 0 Å². The number of hydrogen-bond donors (Lipinski definition) is 0. The fourth-order valence-electron chi connectivity index (χ4n) is 1.53. The smallest absolute Gasteiger partial charge is 0.166 e. The molecule has 0 unspecified atom stereocenters. The Hall–Kier alpha value is -3.26. The molecule has 0 radical (unpaired) electrons. The first kappa shape index (κ1) is 22.7. The van der Waals surface area contributed by atoms with Crippen molar-refractivity contribution >= 4 is 0 Å². The van der Waals surface area contributed by atoms with Gasteiger partial charge in [-0.1, -0.05) is 101 Å². The second-order valence-corrected chi connectivity index (χ2v) is 5.21. The Kier molecular flexibility index (Phi) is 9.90. The molecule has 0 atom stereocenters. The SMILES string of the molecule is C=C/C=C\C(=C)C(=C)/C=C\C(=C)C(=C)/C(F)=C(/F)C(=C)C(=C)/C=C\C=C. The Balaban J connectivity index is 5.27. The third kappa shape index (κ3) is 7.10. The fourth-order valence-corrected chi connectivity index (χ4v) is 1.53. The molecule has 0 saturated heterocycles. The molecule has 0 aliphatic rings. The van der Waals surface area contributed by atoms with E-state index in [0.29, 0.717) is 11.1 Å². The van der Waals surface area contributed by atoms with Crippen LogP contribution in [0.25, 0.3) is 0 Å². The van der Waals surface area contributed by atoms with Crippen LogP contribution in [0.4, 0.5) is 8.78 Å². The Morgan fingerprint density at radius 2 is 0.808 bits per heavy atom. The third-order valence-corrected chi connectivity index (χ3v) is 3.26. The van der Waals surface area contributed by atoms with Crippen LogP contribution in [-0.4, -0.2) is 0 Å². The minimum atomic E-state index is -1.14. The summed E-state index contributed by atoms with van der Waals surface area (Å²) in [6, 6.07) is 0. The van der Waals surface area contributed by atoms with E-state index in [9.17, 15) is 8.78 Å². The second-order valence-electron chi connectivity index (χ2n) is 5.21. The lowest BCUT2D eigenvalue weighted by atomic mass is 10.0. The monoisotopic (exact) mass is 350 g/mol. The van der Waals surface area contributed by atoms with E-state index in [1.807, 2.05) is 0 Å². The lowest BCUT2D eigenvalue weighted by molar-refractivity contribution is 0.560. The van der Waals surface area contributed by atoms with Gasteiger partial charge in [-0.3, -0.25) is 0 Å². The summed E-state index contributed by atoms with van der Waals surface area (Å²) in [6.07, 6.45) is 12.6. The van der Waals surface area contributed by atoms with Gasteiger partial charge in [0.15, 0.2) is 11.7 Å². The van der Waals surface area contributed by atoms with E-state index in [4.69, 9.17) is 0 Å². The molecular weight excluding hydrogens is 326 g/mol. The molecule has 0 aliphatic carbocycles. The Morgan fingerprint density at radius 3 is 1.23 bits per heavy atom. The van der Waals surface area contributed by atoms with Crippen molar-refractivity contribution in [3.8, 4) is 0 Å². The summed E-state index contributed by atoms with van der Waals surface area (Å²) in [5.74, 6) is -2.28. The molecule has 2 heteroatoms. The molecule has 0 nitrogen and oxygen atoms in total. The maximum Gasteiger partial charge on any atom is 0.166 e. The lowest BCUT2D eigenvalue weighted by Gasteiger charge is -2.08. The number of allylic oxidation sites excluding steroid dienone is 16. The largest absolute Gasteiger partial charge is 0.203 e. The van der Waals surface area contributed by atoms with E-state index in [1.165, 1.54) is 18.2 Å². The van der Waals surface area contributed by atoms with Gasteiger partial charge in [0.2, 0.25) is 0 Å². The van der Waals surface area contributed by atoms with Crippen molar-refractivity contribution in [2.24, 2.45) is 0 Å². The van der Waals surface area contributed by atoms with Gasteiger partial charge in [0.1, 0.15) is 0 Å². The van der Waals surface area contributed by atoms with Crippen LogP contribution < -0.4 is 0 Å². The van der Waals surface area contributed by atoms with Crippen LogP contribution in [0.1, 0.15) is 0 Å². The molecule has 0 fully saturated rings. The molecule has 0 aromatic carbocycles. The summed E-state index contributed by atoms with van der Waals surface area (Å²) in [6.45, 7) is 29.1. The molecule has 0 N–H and O–H groups in total. The maximum absolute atomic E-state index is 14.3. The first-order valence-corrected chi connectivity index (χ1v) is 7.64. The van der Waals surface area contributed by atoms with Crippen molar-refractivity contribution in [1.29, 1.82) is 0 Å². The van der Waals surface area contributed by atoms with Gasteiger partial charge >= 0.3 is 0 Å². The lowest BCUT2D eigenvalue weighted by Crippen LogP contribution is -1.93. The van der Waals surface area contributed by atoms with E-state index in [-0.39, 0.29) is 22.3 Å². The molecule has 0 bridgehead atoms. The molecule has 0 rings (SSSR count). The van der Waals surface area contributed by atoms with Crippen LogP contribution in [0, 0.1) is 0 Å². The van der Waals surface area contributed by atoms with E-state index in [0.717, 1.165) is 0 Å². The molecule has 0 aromatic heterocycles. The minimum absolute atomic E-state index is 0.175. The van der Waals surface area contributed by atoms with Crippen LogP contribution in [0.15, 0.2) is 146 Å². The van der Waals surface area contributed by atoms with Gasteiger partial charge in [-0.2, -0.15) is 0 Å². The quantitative estimate of drug-likeness (QED) is 0.338. The van der Waals surface area contributed by atoms with Gasteiger partial charge in [-0.15, -0.1) is 0 Å². The van der Waals surface area contributed by atoms with Crippen LogP contribution in [0.3, 0.4) is 0 Å². The van der Waals surface area contributed by atoms with Crippen LogP contribution >= 0.6 is 0 Å². The number of rotatable bonds is 11. The van der Waals surface area contributed by atoms with Gasteiger partial charge in [-0.05, 0) is 22.3 Å².